The Balaban J connectivity index is 1.41. The molecule has 0 bridgehead atoms. The Morgan fingerprint density at radius 1 is 1.21 bits per heavy atom. The highest BCUT2D eigenvalue weighted by Crippen LogP contribution is 2.24. The lowest BCUT2D eigenvalue weighted by molar-refractivity contribution is -0.121. The third-order valence-electron chi connectivity index (χ3n) is 5.55. The third-order valence-corrected chi connectivity index (χ3v) is 5.55. The van der Waals surface area contributed by atoms with Gasteiger partial charge in [-0.05, 0) is 61.4 Å². The molecule has 3 rings (SSSR count). The number of aromatic amines is 1. The van der Waals surface area contributed by atoms with Crippen LogP contribution in [0, 0.1) is 5.92 Å². The Morgan fingerprint density at radius 3 is 2.69 bits per heavy atom. The maximum Gasteiger partial charge on any atom is 0.251 e. The van der Waals surface area contributed by atoms with E-state index < -0.39 is 0 Å². The van der Waals surface area contributed by atoms with Gasteiger partial charge in [0.25, 0.3) is 5.91 Å². The van der Waals surface area contributed by atoms with Gasteiger partial charge >= 0.3 is 0 Å². The number of benzene rings is 1. The molecule has 1 aromatic carbocycles. The molecule has 0 saturated heterocycles. The minimum atomic E-state index is -0.0231. The summed E-state index contributed by atoms with van der Waals surface area (Å²) in [4.78, 5) is 26.7. The third kappa shape index (κ3) is 6.34. The van der Waals surface area contributed by atoms with Crippen LogP contribution in [0.4, 0.5) is 5.69 Å². The molecule has 3 N–H and O–H groups in total. The van der Waals surface area contributed by atoms with E-state index >= 15 is 0 Å². The highest BCUT2D eigenvalue weighted by Gasteiger charge is 2.24. The van der Waals surface area contributed by atoms with Gasteiger partial charge in [0.05, 0.1) is 6.20 Å². The Morgan fingerprint density at radius 2 is 2.00 bits per heavy atom. The molecule has 1 aromatic heterocycles. The molecule has 2 amide bonds. The van der Waals surface area contributed by atoms with Crippen molar-refractivity contribution in [2.45, 2.75) is 44.6 Å². The van der Waals surface area contributed by atoms with E-state index in [4.69, 9.17) is 0 Å². The monoisotopic (exact) mass is 397 g/mol. The Labute approximate surface area is 172 Å². The number of amides is 2. The van der Waals surface area contributed by atoms with Crippen molar-refractivity contribution in [3.05, 3.63) is 47.8 Å². The maximum atomic E-state index is 12.6. The molecule has 7 heteroatoms. The van der Waals surface area contributed by atoms with Crippen LogP contribution >= 0.6 is 0 Å². The van der Waals surface area contributed by atoms with E-state index in [-0.39, 0.29) is 17.9 Å². The normalized spacial score (nSPS) is 18.8. The average Bonchev–Trinajstić information content (AvgIpc) is 3.25. The molecule has 1 saturated carbocycles. The quantitative estimate of drug-likeness (QED) is 0.638. The number of rotatable bonds is 8. The number of anilines is 1. The van der Waals surface area contributed by atoms with Gasteiger partial charge in [-0.25, -0.2) is 0 Å². The Kier molecular flexibility index (Phi) is 7.27. The number of carbonyl (C=O) groups is 2. The lowest BCUT2D eigenvalue weighted by atomic mass is 9.85. The minimum Gasteiger partial charge on any atom is -0.378 e. The first-order valence-corrected chi connectivity index (χ1v) is 10.3. The summed E-state index contributed by atoms with van der Waals surface area (Å²) in [5.41, 5.74) is 2.80. The fourth-order valence-corrected chi connectivity index (χ4v) is 3.81. The van der Waals surface area contributed by atoms with Gasteiger partial charge < -0.3 is 15.5 Å². The Bertz CT molecular complexity index is 786. The lowest BCUT2D eigenvalue weighted by Gasteiger charge is -2.30. The Hall–Kier alpha value is -2.83. The van der Waals surface area contributed by atoms with Gasteiger partial charge in [-0.1, -0.05) is 6.42 Å². The van der Waals surface area contributed by atoms with Gasteiger partial charge in [0.15, 0.2) is 0 Å². The second-order valence-electron chi connectivity index (χ2n) is 8.05. The molecule has 0 radical (unpaired) electrons. The summed E-state index contributed by atoms with van der Waals surface area (Å²) >= 11 is 0. The first-order valence-electron chi connectivity index (χ1n) is 10.3. The number of H-pyrrole nitrogens is 1. The van der Waals surface area contributed by atoms with E-state index in [0.717, 1.165) is 36.9 Å². The molecule has 7 nitrogen and oxygen atoms in total. The van der Waals surface area contributed by atoms with Gasteiger partial charge in [-0.15, -0.1) is 0 Å². The van der Waals surface area contributed by atoms with Crippen molar-refractivity contribution in [1.82, 2.24) is 20.8 Å². The number of carbonyl (C=O) groups excluding carboxylic acids is 2. The van der Waals surface area contributed by atoms with E-state index in [9.17, 15) is 9.59 Å². The highest BCUT2D eigenvalue weighted by atomic mass is 16.2. The van der Waals surface area contributed by atoms with Crippen LogP contribution in [0.15, 0.2) is 36.7 Å². The standard InChI is InChI=1S/C22H31N5O2/c1-27(2)20-9-7-18(8-10-20)22(29)26-19-5-3-4-16(12-19)13-23-21(28)11-6-17-14-24-25-15-17/h7-10,14-16,19H,3-6,11-13H2,1-2H3,(H,23,28)(H,24,25)(H,26,29)/t16-,19+/m1/s1. The largest absolute Gasteiger partial charge is 0.378 e. The molecule has 0 spiro atoms. The first kappa shape index (κ1) is 20.9. The van der Waals surface area contributed by atoms with E-state index in [1.807, 2.05) is 49.5 Å². The molecule has 156 valence electrons. The summed E-state index contributed by atoms with van der Waals surface area (Å²) in [6.07, 6.45) is 8.78. The topological polar surface area (TPSA) is 90.1 Å². The predicted octanol–water partition coefficient (Wildman–Crippen LogP) is 2.51. The SMILES string of the molecule is CN(C)c1ccc(C(=O)N[C@H]2CCC[C@@H](CNC(=O)CCc3cn[nH]c3)C2)cc1. The number of nitrogens with one attached hydrogen (secondary N) is 3. The molecule has 1 aliphatic rings. The van der Waals surface area contributed by atoms with Crippen molar-refractivity contribution in [3.63, 3.8) is 0 Å². The zero-order valence-electron chi connectivity index (χ0n) is 17.3. The second-order valence-corrected chi connectivity index (χ2v) is 8.05. The average molecular weight is 398 g/mol. The van der Waals surface area contributed by atoms with Crippen LogP contribution in [0.25, 0.3) is 0 Å². The predicted molar refractivity (Wildman–Crippen MR) is 114 cm³/mol. The zero-order chi connectivity index (χ0) is 20.6. The number of hydrogen-bond donors (Lipinski definition) is 3. The van der Waals surface area contributed by atoms with Gasteiger partial charge in [0.1, 0.15) is 0 Å². The second kappa shape index (κ2) is 10.1. The van der Waals surface area contributed by atoms with Crippen molar-refractivity contribution < 1.29 is 9.59 Å². The molecular formula is C22H31N5O2. The van der Waals surface area contributed by atoms with Gasteiger partial charge in [-0.3, -0.25) is 14.7 Å². The number of hydrogen-bond acceptors (Lipinski definition) is 4. The van der Waals surface area contributed by atoms with Crippen LogP contribution in [-0.2, 0) is 11.2 Å². The number of aromatic nitrogens is 2. The fraction of sp³-hybridized carbons (Fsp3) is 0.500. The molecule has 0 unspecified atom stereocenters. The smallest absolute Gasteiger partial charge is 0.251 e. The summed E-state index contributed by atoms with van der Waals surface area (Å²) in [5, 5.41) is 12.9. The molecule has 29 heavy (non-hydrogen) atoms. The highest BCUT2D eigenvalue weighted by molar-refractivity contribution is 5.94. The molecular weight excluding hydrogens is 366 g/mol. The number of nitrogens with zero attached hydrogens (tertiary/aromatic N) is 2. The summed E-state index contributed by atoms with van der Waals surface area (Å²) in [7, 11) is 3.96. The molecule has 1 heterocycles. The van der Waals surface area contributed by atoms with Crippen molar-refractivity contribution in [3.8, 4) is 0 Å². The summed E-state index contributed by atoms with van der Waals surface area (Å²) in [6, 6.07) is 7.81. The summed E-state index contributed by atoms with van der Waals surface area (Å²) in [5.74, 6) is 0.450. The van der Waals surface area contributed by atoms with Crippen molar-refractivity contribution in [2.75, 3.05) is 25.5 Å². The number of aryl methyl sites for hydroxylation is 1. The van der Waals surface area contributed by atoms with Crippen molar-refractivity contribution >= 4 is 17.5 Å². The first-order chi connectivity index (χ1) is 14.0. The van der Waals surface area contributed by atoms with Crippen molar-refractivity contribution in [1.29, 1.82) is 0 Å². The van der Waals surface area contributed by atoms with E-state index in [2.05, 4.69) is 20.8 Å². The van der Waals surface area contributed by atoms with Gasteiger partial charge in [0, 0.05) is 50.6 Å². The van der Waals surface area contributed by atoms with E-state index in [0.29, 0.717) is 30.9 Å². The lowest BCUT2D eigenvalue weighted by Crippen LogP contribution is -2.41. The minimum absolute atomic E-state index is 0.0231. The van der Waals surface area contributed by atoms with Gasteiger partial charge in [-0.2, -0.15) is 5.10 Å². The van der Waals surface area contributed by atoms with Gasteiger partial charge in [0.2, 0.25) is 5.91 Å². The molecule has 2 atom stereocenters. The van der Waals surface area contributed by atoms with Crippen LogP contribution in [0.2, 0.25) is 0 Å². The maximum absolute atomic E-state index is 12.6. The summed E-state index contributed by atoms with van der Waals surface area (Å²) in [6.45, 7) is 0.675. The van der Waals surface area contributed by atoms with Crippen molar-refractivity contribution in [2.24, 2.45) is 5.92 Å². The molecule has 2 aromatic rings. The zero-order valence-corrected chi connectivity index (χ0v) is 17.3. The summed E-state index contributed by atoms with van der Waals surface area (Å²) < 4.78 is 0. The molecule has 1 aliphatic carbocycles. The van der Waals surface area contributed by atoms with Crippen LogP contribution in [0.5, 0.6) is 0 Å². The van der Waals surface area contributed by atoms with Crippen LogP contribution in [-0.4, -0.2) is 48.7 Å². The van der Waals surface area contributed by atoms with E-state index in [1.165, 1.54) is 0 Å². The fourth-order valence-electron chi connectivity index (χ4n) is 3.81. The molecule has 1 fully saturated rings. The van der Waals surface area contributed by atoms with Crippen LogP contribution in [0.1, 0.15) is 48.0 Å². The molecule has 0 aliphatic heterocycles. The van der Waals surface area contributed by atoms with Crippen LogP contribution in [0.3, 0.4) is 0 Å². The van der Waals surface area contributed by atoms with Crippen LogP contribution < -0.4 is 15.5 Å². The van der Waals surface area contributed by atoms with E-state index in [1.54, 1.807) is 6.20 Å².